The van der Waals surface area contributed by atoms with Crippen LogP contribution >= 0.6 is 0 Å². The minimum atomic E-state index is 0.531. The van der Waals surface area contributed by atoms with E-state index in [1.165, 1.54) is 0 Å². The van der Waals surface area contributed by atoms with Gasteiger partial charge < -0.3 is 10.1 Å². The minimum absolute atomic E-state index is 0.531. The number of hydrogen-bond acceptors (Lipinski definition) is 4. The van der Waals surface area contributed by atoms with E-state index >= 15 is 0 Å². The first-order valence-corrected chi connectivity index (χ1v) is 4.60. The van der Waals surface area contributed by atoms with E-state index in [0.29, 0.717) is 6.04 Å². The molecule has 1 N–H and O–H groups in total. The highest BCUT2D eigenvalue weighted by atomic mass is 16.5. The summed E-state index contributed by atoms with van der Waals surface area (Å²) in [4.78, 5) is 0. The molecule has 5 heteroatoms. The van der Waals surface area contributed by atoms with Crippen LogP contribution in [-0.2, 0) is 11.3 Å². The molecule has 2 heterocycles. The Morgan fingerprint density at radius 2 is 2.62 bits per heavy atom. The van der Waals surface area contributed by atoms with Crippen LogP contribution in [0, 0.1) is 0 Å². The molecule has 5 nitrogen and oxygen atoms in total. The first-order chi connectivity index (χ1) is 6.45. The lowest BCUT2D eigenvalue weighted by Crippen LogP contribution is -2.32. The summed E-state index contributed by atoms with van der Waals surface area (Å²) in [5.41, 5.74) is 0. The Balaban J connectivity index is 1.63. The van der Waals surface area contributed by atoms with Crippen LogP contribution in [0.3, 0.4) is 0 Å². The molecule has 0 spiro atoms. The van der Waals surface area contributed by atoms with Crippen molar-refractivity contribution >= 4 is 0 Å². The molecule has 0 aromatic carbocycles. The molecule has 72 valence electrons. The summed E-state index contributed by atoms with van der Waals surface area (Å²) in [5.74, 6) is 0. The van der Waals surface area contributed by atoms with Crippen LogP contribution in [0.1, 0.15) is 6.42 Å². The van der Waals surface area contributed by atoms with E-state index in [9.17, 15) is 0 Å². The molecule has 0 amide bonds. The molecule has 1 saturated heterocycles. The highest BCUT2D eigenvalue weighted by Crippen LogP contribution is 2.02. The third kappa shape index (κ3) is 2.50. The molecule has 1 unspecified atom stereocenters. The highest BCUT2D eigenvalue weighted by molar-refractivity contribution is 4.71. The second kappa shape index (κ2) is 4.34. The smallest absolute Gasteiger partial charge is 0.0692 e. The molecule has 2 rings (SSSR count). The van der Waals surface area contributed by atoms with Crippen molar-refractivity contribution < 1.29 is 4.74 Å². The van der Waals surface area contributed by atoms with Gasteiger partial charge in [-0.1, -0.05) is 5.21 Å². The van der Waals surface area contributed by atoms with Crippen molar-refractivity contribution in [1.29, 1.82) is 0 Å². The Labute approximate surface area is 77.1 Å². The fourth-order valence-corrected chi connectivity index (χ4v) is 1.43. The number of rotatable bonds is 4. The van der Waals surface area contributed by atoms with Crippen molar-refractivity contribution in [3.05, 3.63) is 12.4 Å². The number of ether oxygens (including phenoxy) is 1. The zero-order chi connectivity index (χ0) is 8.93. The lowest BCUT2D eigenvalue weighted by Gasteiger charge is -2.09. The summed E-state index contributed by atoms with van der Waals surface area (Å²) in [5, 5.41) is 11.0. The Morgan fingerprint density at radius 3 is 3.31 bits per heavy atom. The third-order valence-electron chi connectivity index (χ3n) is 2.18. The SMILES string of the molecule is c1cn(CCNC2CCOC2)nn1. The van der Waals surface area contributed by atoms with Crippen LogP contribution in [0.15, 0.2) is 12.4 Å². The van der Waals surface area contributed by atoms with E-state index in [1.807, 2.05) is 10.9 Å². The first kappa shape index (κ1) is 8.65. The van der Waals surface area contributed by atoms with E-state index in [0.717, 1.165) is 32.7 Å². The highest BCUT2D eigenvalue weighted by Gasteiger charge is 2.13. The Morgan fingerprint density at radius 1 is 1.62 bits per heavy atom. The van der Waals surface area contributed by atoms with Crippen molar-refractivity contribution in [2.24, 2.45) is 0 Å². The van der Waals surface area contributed by atoms with Gasteiger partial charge in [-0.05, 0) is 6.42 Å². The average molecular weight is 182 g/mol. The predicted octanol–water partition coefficient (Wildman–Crippen LogP) is -0.343. The lowest BCUT2D eigenvalue weighted by atomic mass is 10.3. The van der Waals surface area contributed by atoms with Gasteiger partial charge in [0.1, 0.15) is 0 Å². The van der Waals surface area contributed by atoms with Crippen molar-refractivity contribution in [3.8, 4) is 0 Å². The summed E-state index contributed by atoms with van der Waals surface area (Å²) in [6.45, 7) is 3.53. The van der Waals surface area contributed by atoms with Crippen molar-refractivity contribution in [2.75, 3.05) is 19.8 Å². The van der Waals surface area contributed by atoms with Crippen LogP contribution in [-0.4, -0.2) is 40.8 Å². The molecule has 0 aliphatic carbocycles. The van der Waals surface area contributed by atoms with Gasteiger partial charge in [0.2, 0.25) is 0 Å². The van der Waals surface area contributed by atoms with Gasteiger partial charge in [0, 0.05) is 25.4 Å². The molecule has 1 aliphatic rings. The van der Waals surface area contributed by atoms with Gasteiger partial charge in [-0.2, -0.15) is 0 Å². The molecule has 1 fully saturated rings. The molecule has 0 radical (unpaired) electrons. The van der Waals surface area contributed by atoms with Crippen molar-refractivity contribution in [2.45, 2.75) is 19.0 Å². The maximum absolute atomic E-state index is 5.25. The quantitative estimate of drug-likeness (QED) is 0.692. The van der Waals surface area contributed by atoms with Gasteiger partial charge in [0.25, 0.3) is 0 Å². The summed E-state index contributed by atoms with van der Waals surface area (Å²) >= 11 is 0. The Bertz CT molecular complexity index is 230. The monoisotopic (exact) mass is 182 g/mol. The summed E-state index contributed by atoms with van der Waals surface area (Å²) in [7, 11) is 0. The number of nitrogens with one attached hydrogen (secondary N) is 1. The first-order valence-electron chi connectivity index (χ1n) is 4.60. The standard InChI is InChI=1S/C8H14N4O/c1-6-13-7-8(1)9-2-4-12-5-3-10-11-12/h3,5,8-9H,1-2,4,6-7H2. The van der Waals surface area contributed by atoms with Crippen molar-refractivity contribution in [3.63, 3.8) is 0 Å². The summed E-state index contributed by atoms with van der Waals surface area (Å²) in [6.07, 6.45) is 4.68. The van der Waals surface area contributed by atoms with E-state index < -0.39 is 0 Å². The normalized spacial score (nSPS) is 22.3. The lowest BCUT2D eigenvalue weighted by molar-refractivity contribution is 0.189. The molecular weight excluding hydrogens is 168 g/mol. The maximum Gasteiger partial charge on any atom is 0.0692 e. The van der Waals surface area contributed by atoms with E-state index in [2.05, 4.69) is 15.6 Å². The topological polar surface area (TPSA) is 52.0 Å². The Kier molecular flexibility index (Phi) is 2.89. The van der Waals surface area contributed by atoms with E-state index in [-0.39, 0.29) is 0 Å². The van der Waals surface area contributed by atoms with Gasteiger partial charge in [-0.3, -0.25) is 4.68 Å². The zero-order valence-corrected chi connectivity index (χ0v) is 7.52. The Hall–Kier alpha value is -0.940. The molecule has 13 heavy (non-hydrogen) atoms. The van der Waals surface area contributed by atoms with E-state index in [4.69, 9.17) is 4.74 Å². The van der Waals surface area contributed by atoms with Gasteiger partial charge in [-0.25, -0.2) is 0 Å². The molecule has 0 saturated carbocycles. The fraction of sp³-hybridized carbons (Fsp3) is 0.750. The summed E-state index contributed by atoms with van der Waals surface area (Å²) in [6, 6.07) is 0.531. The molecular formula is C8H14N4O. The van der Waals surface area contributed by atoms with Crippen LogP contribution in [0.4, 0.5) is 0 Å². The van der Waals surface area contributed by atoms with Gasteiger partial charge >= 0.3 is 0 Å². The largest absolute Gasteiger partial charge is 0.380 e. The van der Waals surface area contributed by atoms with Crippen LogP contribution < -0.4 is 5.32 Å². The van der Waals surface area contributed by atoms with Gasteiger partial charge in [-0.15, -0.1) is 5.10 Å². The fourth-order valence-electron chi connectivity index (χ4n) is 1.43. The van der Waals surface area contributed by atoms with Crippen LogP contribution in [0.5, 0.6) is 0 Å². The van der Waals surface area contributed by atoms with Crippen LogP contribution in [0.25, 0.3) is 0 Å². The number of aromatic nitrogens is 3. The molecule has 1 aliphatic heterocycles. The van der Waals surface area contributed by atoms with Gasteiger partial charge in [0.15, 0.2) is 0 Å². The van der Waals surface area contributed by atoms with Crippen molar-refractivity contribution in [1.82, 2.24) is 20.3 Å². The molecule has 1 aromatic rings. The minimum Gasteiger partial charge on any atom is -0.380 e. The molecule has 1 aromatic heterocycles. The predicted molar refractivity (Wildman–Crippen MR) is 47.2 cm³/mol. The van der Waals surface area contributed by atoms with E-state index in [1.54, 1.807) is 6.20 Å². The zero-order valence-electron chi connectivity index (χ0n) is 7.52. The second-order valence-electron chi connectivity index (χ2n) is 3.18. The second-order valence-corrected chi connectivity index (χ2v) is 3.18. The number of nitrogens with zero attached hydrogens (tertiary/aromatic N) is 3. The maximum atomic E-state index is 5.25. The number of hydrogen-bond donors (Lipinski definition) is 1. The summed E-state index contributed by atoms with van der Waals surface area (Å²) < 4.78 is 7.07. The average Bonchev–Trinajstić information content (AvgIpc) is 2.75. The molecule has 0 bridgehead atoms. The van der Waals surface area contributed by atoms with Gasteiger partial charge in [0.05, 0.1) is 19.3 Å². The third-order valence-corrected chi connectivity index (χ3v) is 2.18. The van der Waals surface area contributed by atoms with Crippen LogP contribution in [0.2, 0.25) is 0 Å². The molecule has 1 atom stereocenters.